The number of nitrogens with one attached hydrogen (secondary N) is 1. The van der Waals surface area contributed by atoms with E-state index >= 15 is 0 Å². The highest BCUT2D eigenvalue weighted by Crippen LogP contribution is 2.20. The van der Waals surface area contributed by atoms with Crippen LogP contribution >= 0.6 is 11.8 Å². The highest BCUT2D eigenvalue weighted by Gasteiger charge is 2.13. The number of rotatable bonds is 6. The minimum atomic E-state index is -0.729. The number of halogens is 1. The third-order valence-corrected chi connectivity index (χ3v) is 3.86. The van der Waals surface area contributed by atoms with Gasteiger partial charge in [-0.05, 0) is 24.3 Å². The van der Waals surface area contributed by atoms with Gasteiger partial charge in [0, 0.05) is 10.5 Å². The first-order valence-electron chi connectivity index (χ1n) is 6.98. The molecule has 124 valence electrons. The van der Waals surface area contributed by atoms with Crippen LogP contribution in [0.4, 0.5) is 4.39 Å². The molecule has 0 fully saturated rings. The van der Waals surface area contributed by atoms with Crippen molar-refractivity contribution in [2.45, 2.75) is 4.90 Å². The quantitative estimate of drug-likeness (QED) is 0.642. The van der Waals surface area contributed by atoms with E-state index in [-0.39, 0.29) is 5.75 Å². The monoisotopic (exact) mass is 347 g/mol. The SMILES string of the molecule is O=C(COC(=O)CSc1ccccc1F)NC(=O)c1ccccc1. The van der Waals surface area contributed by atoms with Crippen LogP contribution in [0.15, 0.2) is 59.5 Å². The van der Waals surface area contributed by atoms with Gasteiger partial charge in [-0.25, -0.2) is 4.39 Å². The molecule has 0 saturated carbocycles. The summed E-state index contributed by atoms with van der Waals surface area (Å²) in [6.07, 6.45) is 0. The Morgan fingerprint density at radius 3 is 2.38 bits per heavy atom. The van der Waals surface area contributed by atoms with Crippen LogP contribution in [-0.2, 0) is 14.3 Å². The number of benzene rings is 2. The van der Waals surface area contributed by atoms with Crippen LogP contribution < -0.4 is 5.32 Å². The molecular weight excluding hydrogens is 333 g/mol. The van der Waals surface area contributed by atoms with E-state index in [4.69, 9.17) is 4.74 Å². The van der Waals surface area contributed by atoms with Gasteiger partial charge in [0.15, 0.2) is 6.61 Å². The van der Waals surface area contributed by atoms with E-state index in [0.717, 1.165) is 11.8 Å². The fourth-order valence-electron chi connectivity index (χ4n) is 1.71. The van der Waals surface area contributed by atoms with Gasteiger partial charge < -0.3 is 4.74 Å². The Labute approximate surface area is 142 Å². The number of esters is 1. The molecule has 0 aliphatic heterocycles. The van der Waals surface area contributed by atoms with Crippen LogP contribution in [0.2, 0.25) is 0 Å². The molecule has 5 nitrogen and oxygen atoms in total. The highest BCUT2D eigenvalue weighted by atomic mass is 32.2. The van der Waals surface area contributed by atoms with Gasteiger partial charge in [0.2, 0.25) is 0 Å². The van der Waals surface area contributed by atoms with Crippen molar-refractivity contribution in [3.05, 3.63) is 66.0 Å². The zero-order valence-electron chi connectivity index (χ0n) is 12.5. The number of hydrogen-bond acceptors (Lipinski definition) is 5. The molecule has 0 atom stereocenters. The van der Waals surface area contributed by atoms with Gasteiger partial charge in [-0.3, -0.25) is 19.7 Å². The number of carbonyl (C=O) groups is 3. The molecule has 2 aromatic carbocycles. The van der Waals surface area contributed by atoms with E-state index in [2.05, 4.69) is 5.32 Å². The van der Waals surface area contributed by atoms with E-state index in [1.165, 1.54) is 6.07 Å². The lowest BCUT2D eigenvalue weighted by molar-refractivity contribution is -0.145. The zero-order chi connectivity index (χ0) is 17.4. The largest absolute Gasteiger partial charge is 0.455 e. The standard InChI is InChI=1S/C17H14FNO4S/c18-13-8-4-5-9-14(13)24-11-16(21)23-10-15(20)19-17(22)12-6-2-1-3-7-12/h1-9H,10-11H2,(H,19,20,22). The number of amides is 2. The van der Waals surface area contributed by atoms with Crippen LogP contribution in [-0.4, -0.2) is 30.1 Å². The van der Waals surface area contributed by atoms with E-state index in [1.54, 1.807) is 48.5 Å². The summed E-state index contributed by atoms with van der Waals surface area (Å²) in [4.78, 5) is 35.2. The van der Waals surface area contributed by atoms with Gasteiger partial charge in [-0.2, -0.15) is 0 Å². The molecule has 0 bridgehead atoms. The van der Waals surface area contributed by atoms with E-state index in [0.29, 0.717) is 10.5 Å². The van der Waals surface area contributed by atoms with Gasteiger partial charge in [0.25, 0.3) is 11.8 Å². The molecule has 2 rings (SSSR count). The number of hydrogen-bond donors (Lipinski definition) is 1. The summed E-state index contributed by atoms with van der Waals surface area (Å²) in [5, 5.41) is 2.11. The molecule has 0 spiro atoms. The van der Waals surface area contributed by atoms with Crippen molar-refractivity contribution in [3.8, 4) is 0 Å². The first kappa shape index (κ1) is 17.7. The van der Waals surface area contributed by atoms with Crippen LogP contribution in [0.3, 0.4) is 0 Å². The van der Waals surface area contributed by atoms with Crippen molar-refractivity contribution in [1.29, 1.82) is 0 Å². The average Bonchev–Trinajstić information content (AvgIpc) is 2.60. The van der Waals surface area contributed by atoms with Gasteiger partial charge >= 0.3 is 5.97 Å². The molecule has 0 aromatic heterocycles. The number of thioether (sulfide) groups is 1. The fourth-order valence-corrected chi connectivity index (χ4v) is 2.45. The second-order valence-electron chi connectivity index (χ2n) is 4.62. The Kier molecular flexibility index (Phi) is 6.51. The molecule has 0 aliphatic carbocycles. The van der Waals surface area contributed by atoms with Crippen molar-refractivity contribution in [2.24, 2.45) is 0 Å². The van der Waals surface area contributed by atoms with Crippen molar-refractivity contribution < 1.29 is 23.5 Å². The second kappa shape index (κ2) is 8.83. The Balaban J connectivity index is 1.72. The first-order chi connectivity index (χ1) is 11.6. The molecule has 0 unspecified atom stereocenters. The number of ether oxygens (including phenoxy) is 1. The maximum absolute atomic E-state index is 13.4. The molecule has 0 heterocycles. The Morgan fingerprint density at radius 1 is 1.00 bits per heavy atom. The molecule has 0 saturated heterocycles. The van der Waals surface area contributed by atoms with Crippen LogP contribution in [0.5, 0.6) is 0 Å². The first-order valence-corrected chi connectivity index (χ1v) is 7.97. The van der Waals surface area contributed by atoms with Crippen LogP contribution in [0.25, 0.3) is 0 Å². The van der Waals surface area contributed by atoms with E-state index < -0.39 is 30.2 Å². The normalized spacial score (nSPS) is 10.0. The maximum atomic E-state index is 13.4. The lowest BCUT2D eigenvalue weighted by atomic mass is 10.2. The minimum Gasteiger partial charge on any atom is -0.455 e. The van der Waals surface area contributed by atoms with Crippen molar-refractivity contribution in [3.63, 3.8) is 0 Å². The van der Waals surface area contributed by atoms with E-state index in [9.17, 15) is 18.8 Å². The minimum absolute atomic E-state index is 0.138. The summed E-state index contributed by atoms with van der Waals surface area (Å²) in [5.41, 5.74) is 0.326. The molecular formula is C17H14FNO4S. The molecule has 2 amide bonds. The summed E-state index contributed by atoms with van der Waals surface area (Å²) in [5.74, 6) is -2.54. The molecule has 0 radical (unpaired) electrons. The van der Waals surface area contributed by atoms with Crippen LogP contribution in [0.1, 0.15) is 10.4 Å². The lowest BCUT2D eigenvalue weighted by Gasteiger charge is -2.06. The summed E-state index contributed by atoms with van der Waals surface area (Å²) < 4.78 is 18.1. The summed E-state index contributed by atoms with van der Waals surface area (Å²) in [6.45, 7) is -0.574. The van der Waals surface area contributed by atoms with Gasteiger partial charge in [0.1, 0.15) is 5.82 Å². The average molecular weight is 347 g/mol. The second-order valence-corrected chi connectivity index (χ2v) is 5.64. The van der Waals surface area contributed by atoms with Gasteiger partial charge in [-0.15, -0.1) is 11.8 Å². The summed E-state index contributed by atoms with van der Waals surface area (Å²) >= 11 is 0.969. The highest BCUT2D eigenvalue weighted by molar-refractivity contribution is 8.00. The topological polar surface area (TPSA) is 72.5 Å². The Morgan fingerprint density at radius 2 is 1.67 bits per heavy atom. The lowest BCUT2D eigenvalue weighted by Crippen LogP contribution is -2.34. The maximum Gasteiger partial charge on any atom is 0.316 e. The third kappa shape index (κ3) is 5.51. The molecule has 2 aromatic rings. The fraction of sp³-hybridized carbons (Fsp3) is 0.118. The van der Waals surface area contributed by atoms with E-state index in [1.807, 2.05) is 0 Å². The smallest absolute Gasteiger partial charge is 0.316 e. The molecule has 1 N–H and O–H groups in total. The number of carbonyl (C=O) groups excluding carboxylic acids is 3. The number of imide groups is 1. The van der Waals surface area contributed by atoms with Crippen molar-refractivity contribution >= 4 is 29.5 Å². The van der Waals surface area contributed by atoms with Crippen LogP contribution in [0, 0.1) is 5.82 Å². The zero-order valence-corrected chi connectivity index (χ0v) is 13.3. The predicted molar refractivity (Wildman–Crippen MR) is 87.0 cm³/mol. The van der Waals surface area contributed by atoms with Gasteiger partial charge in [-0.1, -0.05) is 30.3 Å². The summed E-state index contributed by atoms with van der Waals surface area (Å²) in [6, 6.07) is 14.2. The van der Waals surface area contributed by atoms with Gasteiger partial charge in [0.05, 0.1) is 5.75 Å². The van der Waals surface area contributed by atoms with Crippen molar-refractivity contribution in [1.82, 2.24) is 5.32 Å². The summed E-state index contributed by atoms with van der Waals surface area (Å²) in [7, 11) is 0. The molecule has 7 heteroatoms. The molecule has 0 aliphatic rings. The Hall–Kier alpha value is -2.67. The predicted octanol–water partition coefficient (Wildman–Crippen LogP) is 2.42. The van der Waals surface area contributed by atoms with Crippen molar-refractivity contribution in [2.75, 3.05) is 12.4 Å². The Bertz CT molecular complexity index is 736. The molecule has 24 heavy (non-hydrogen) atoms. The third-order valence-electron chi connectivity index (χ3n) is 2.84.